The molecule has 0 aliphatic carbocycles. The van der Waals surface area contributed by atoms with E-state index in [1.54, 1.807) is 11.3 Å². The topological polar surface area (TPSA) is 38.0 Å². The Kier molecular flexibility index (Phi) is 4.11. The Balaban J connectivity index is 2.22. The third-order valence-corrected chi connectivity index (χ3v) is 3.12. The zero-order valence-electron chi connectivity index (χ0n) is 9.21. The Morgan fingerprint density at radius 3 is 2.71 bits per heavy atom. The van der Waals surface area contributed by atoms with Gasteiger partial charge in [0.05, 0.1) is 0 Å². The van der Waals surface area contributed by atoms with Crippen LogP contribution >= 0.6 is 11.3 Å². The second-order valence-electron chi connectivity index (χ2n) is 4.74. The molecule has 3 heteroatoms. The molecule has 14 heavy (non-hydrogen) atoms. The van der Waals surface area contributed by atoms with Crippen molar-refractivity contribution in [3.63, 3.8) is 0 Å². The molecule has 0 aliphatic rings. The van der Waals surface area contributed by atoms with Gasteiger partial charge in [0.2, 0.25) is 0 Å². The van der Waals surface area contributed by atoms with Crippen LogP contribution in [0, 0.1) is 5.41 Å². The van der Waals surface area contributed by atoms with Gasteiger partial charge in [0.1, 0.15) is 0 Å². The molecule has 0 aromatic carbocycles. The monoisotopic (exact) mass is 212 g/mol. The van der Waals surface area contributed by atoms with Crippen molar-refractivity contribution in [2.24, 2.45) is 11.1 Å². The van der Waals surface area contributed by atoms with Crippen LogP contribution in [-0.4, -0.2) is 12.6 Å². The molecule has 1 unspecified atom stereocenters. The molecule has 0 spiro atoms. The van der Waals surface area contributed by atoms with Crippen LogP contribution in [0.3, 0.4) is 0 Å². The Bertz CT molecular complexity index is 249. The summed E-state index contributed by atoms with van der Waals surface area (Å²) in [5.41, 5.74) is 7.56. The molecule has 0 amide bonds. The van der Waals surface area contributed by atoms with Gasteiger partial charge in [-0.25, -0.2) is 0 Å². The van der Waals surface area contributed by atoms with E-state index in [0.717, 1.165) is 13.1 Å². The van der Waals surface area contributed by atoms with Crippen molar-refractivity contribution >= 4 is 11.3 Å². The quantitative estimate of drug-likeness (QED) is 0.803. The standard InChI is InChI=1S/C11H20N2S/c1-11(2,3)10(12)7-13-6-9-4-5-14-8-9/h4-5,8,10,13H,6-7,12H2,1-3H3. The van der Waals surface area contributed by atoms with Crippen LogP contribution in [0.2, 0.25) is 0 Å². The molecule has 0 fully saturated rings. The fraction of sp³-hybridized carbons (Fsp3) is 0.636. The SMILES string of the molecule is CC(C)(C)C(N)CNCc1ccsc1. The van der Waals surface area contributed by atoms with E-state index in [2.05, 4.69) is 42.9 Å². The fourth-order valence-corrected chi connectivity index (χ4v) is 1.74. The molecule has 1 aromatic heterocycles. The molecule has 0 saturated heterocycles. The van der Waals surface area contributed by atoms with Gasteiger partial charge in [-0.2, -0.15) is 11.3 Å². The first-order valence-electron chi connectivity index (χ1n) is 4.97. The van der Waals surface area contributed by atoms with Gasteiger partial charge in [-0.15, -0.1) is 0 Å². The predicted octanol–water partition coefficient (Wildman–Crippen LogP) is 2.21. The number of nitrogens with one attached hydrogen (secondary N) is 1. The lowest BCUT2D eigenvalue weighted by Gasteiger charge is -2.27. The third kappa shape index (κ3) is 3.78. The largest absolute Gasteiger partial charge is 0.326 e. The molecule has 80 valence electrons. The summed E-state index contributed by atoms with van der Waals surface area (Å²) in [5.74, 6) is 0. The van der Waals surface area contributed by atoms with Crippen LogP contribution in [0.1, 0.15) is 26.3 Å². The lowest BCUT2D eigenvalue weighted by Crippen LogP contribution is -2.43. The number of hydrogen-bond donors (Lipinski definition) is 2. The Morgan fingerprint density at radius 1 is 1.50 bits per heavy atom. The minimum atomic E-state index is 0.182. The lowest BCUT2D eigenvalue weighted by atomic mass is 9.87. The summed E-state index contributed by atoms with van der Waals surface area (Å²) in [6.45, 7) is 8.31. The normalized spacial score (nSPS) is 14.3. The summed E-state index contributed by atoms with van der Waals surface area (Å²) < 4.78 is 0. The predicted molar refractivity (Wildman–Crippen MR) is 63.5 cm³/mol. The van der Waals surface area contributed by atoms with E-state index in [-0.39, 0.29) is 11.5 Å². The molecule has 3 N–H and O–H groups in total. The van der Waals surface area contributed by atoms with Crippen LogP contribution in [0.25, 0.3) is 0 Å². The Hall–Kier alpha value is -0.380. The second kappa shape index (κ2) is 4.91. The van der Waals surface area contributed by atoms with Crippen molar-refractivity contribution in [3.05, 3.63) is 22.4 Å². The van der Waals surface area contributed by atoms with Gasteiger partial charge < -0.3 is 11.1 Å². The van der Waals surface area contributed by atoms with Crippen LogP contribution in [0.15, 0.2) is 16.8 Å². The van der Waals surface area contributed by atoms with Crippen molar-refractivity contribution in [1.82, 2.24) is 5.32 Å². The van der Waals surface area contributed by atoms with E-state index in [1.807, 2.05) is 0 Å². The summed E-state index contributed by atoms with van der Waals surface area (Å²) in [5, 5.41) is 7.64. The number of rotatable bonds is 4. The van der Waals surface area contributed by atoms with E-state index in [0.29, 0.717) is 0 Å². The summed E-state index contributed by atoms with van der Waals surface area (Å²) in [6, 6.07) is 2.35. The number of hydrogen-bond acceptors (Lipinski definition) is 3. The molecule has 0 bridgehead atoms. The molecule has 1 rings (SSSR count). The van der Waals surface area contributed by atoms with Crippen molar-refractivity contribution in [2.45, 2.75) is 33.4 Å². The summed E-state index contributed by atoms with van der Waals surface area (Å²) in [6.07, 6.45) is 0. The molecular formula is C11H20N2S. The molecule has 1 atom stereocenters. The molecule has 1 heterocycles. The first-order chi connectivity index (χ1) is 6.50. The molecular weight excluding hydrogens is 192 g/mol. The van der Waals surface area contributed by atoms with Gasteiger partial charge in [0.15, 0.2) is 0 Å². The minimum absolute atomic E-state index is 0.182. The maximum Gasteiger partial charge on any atom is 0.0214 e. The zero-order chi connectivity index (χ0) is 10.6. The highest BCUT2D eigenvalue weighted by Crippen LogP contribution is 2.16. The van der Waals surface area contributed by atoms with E-state index in [9.17, 15) is 0 Å². The highest BCUT2D eigenvalue weighted by molar-refractivity contribution is 7.07. The molecule has 0 aliphatic heterocycles. The van der Waals surface area contributed by atoms with E-state index < -0.39 is 0 Å². The maximum atomic E-state index is 6.03. The molecule has 1 aromatic rings. The smallest absolute Gasteiger partial charge is 0.0214 e. The number of nitrogens with two attached hydrogens (primary N) is 1. The van der Waals surface area contributed by atoms with Crippen LogP contribution in [-0.2, 0) is 6.54 Å². The first-order valence-corrected chi connectivity index (χ1v) is 5.92. The van der Waals surface area contributed by atoms with Crippen LogP contribution < -0.4 is 11.1 Å². The van der Waals surface area contributed by atoms with Crippen molar-refractivity contribution < 1.29 is 0 Å². The van der Waals surface area contributed by atoms with E-state index in [1.165, 1.54) is 5.56 Å². The summed E-state index contributed by atoms with van der Waals surface area (Å²) in [4.78, 5) is 0. The van der Waals surface area contributed by atoms with Crippen molar-refractivity contribution in [1.29, 1.82) is 0 Å². The van der Waals surface area contributed by atoms with Crippen LogP contribution in [0.4, 0.5) is 0 Å². The van der Waals surface area contributed by atoms with Crippen molar-refractivity contribution in [2.75, 3.05) is 6.54 Å². The lowest BCUT2D eigenvalue weighted by molar-refractivity contribution is 0.309. The first kappa shape index (κ1) is 11.7. The van der Waals surface area contributed by atoms with Gasteiger partial charge >= 0.3 is 0 Å². The summed E-state index contributed by atoms with van der Waals surface area (Å²) >= 11 is 1.73. The molecule has 0 radical (unpaired) electrons. The second-order valence-corrected chi connectivity index (χ2v) is 5.52. The number of thiophene rings is 1. The van der Waals surface area contributed by atoms with Gasteiger partial charge in [-0.1, -0.05) is 20.8 Å². The molecule has 2 nitrogen and oxygen atoms in total. The van der Waals surface area contributed by atoms with Crippen molar-refractivity contribution in [3.8, 4) is 0 Å². The van der Waals surface area contributed by atoms with E-state index >= 15 is 0 Å². The average molecular weight is 212 g/mol. The fourth-order valence-electron chi connectivity index (χ4n) is 1.07. The molecule has 0 saturated carbocycles. The van der Waals surface area contributed by atoms with Gasteiger partial charge in [0.25, 0.3) is 0 Å². The van der Waals surface area contributed by atoms with Gasteiger partial charge in [-0.05, 0) is 27.8 Å². The average Bonchev–Trinajstić information content (AvgIpc) is 2.55. The van der Waals surface area contributed by atoms with Gasteiger partial charge in [0, 0.05) is 19.1 Å². The highest BCUT2D eigenvalue weighted by Gasteiger charge is 2.19. The maximum absolute atomic E-state index is 6.03. The highest BCUT2D eigenvalue weighted by atomic mass is 32.1. The zero-order valence-corrected chi connectivity index (χ0v) is 10.0. The minimum Gasteiger partial charge on any atom is -0.326 e. The summed E-state index contributed by atoms with van der Waals surface area (Å²) in [7, 11) is 0. The van der Waals surface area contributed by atoms with Crippen LogP contribution in [0.5, 0.6) is 0 Å². The third-order valence-electron chi connectivity index (χ3n) is 2.39. The van der Waals surface area contributed by atoms with Gasteiger partial charge in [-0.3, -0.25) is 0 Å². The van der Waals surface area contributed by atoms with E-state index in [4.69, 9.17) is 5.73 Å². The Morgan fingerprint density at radius 2 is 2.21 bits per heavy atom. The Labute approximate surface area is 90.5 Å².